The third kappa shape index (κ3) is 5.10. The number of nitrogens with one attached hydrogen (secondary N) is 1. The summed E-state index contributed by atoms with van der Waals surface area (Å²) in [5.41, 5.74) is 1.57. The maximum absolute atomic E-state index is 12.6. The number of piperazine rings is 1. The molecule has 0 aliphatic carbocycles. The molecule has 1 saturated heterocycles. The molecule has 0 unspecified atom stereocenters. The van der Waals surface area contributed by atoms with Gasteiger partial charge in [-0.25, -0.2) is 9.78 Å². The molecule has 2 aromatic rings. The van der Waals surface area contributed by atoms with Crippen LogP contribution in [-0.4, -0.2) is 60.5 Å². The van der Waals surface area contributed by atoms with Crippen LogP contribution in [0.1, 0.15) is 34.6 Å². The predicted octanol–water partition coefficient (Wildman–Crippen LogP) is 2.82. The smallest absolute Gasteiger partial charge is 0.409 e. The molecule has 8 heteroatoms. The largest absolute Gasteiger partial charge is 0.450 e. The van der Waals surface area contributed by atoms with Gasteiger partial charge in [0.15, 0.2) is 5.78 Å². The lowest BCUT2D eigenvalue weighted by Gasteiger charge is -2.34. The number of hydrogen-bond donors (Lipinski definition) is 1. The van der Waals surface area contributed by atoms with Gasteiger partial charge in [0.1, 0.15) is 5.82 Å². The number of pyridine rings is 1. The van der Waals surface area contributed by atoms with Crippen LogP contribution in [0.15, 0.2) is 42.6 Å². The minimum atomic E-state index is -0.305. The highest BCUT2D eigenvalue weighted by molar-refractivity contribution is 6.05. The first-order chi connectivity index (χ1) is 14.0. The van der Waals surface area contributed by atoms with Crippen LogP contribution in [0.25, 0.3) is 0 Å². The highest BCUT2D eigenvalue weighted by Gasteiger charge is 2.23. The van der Waals surface area contributed by atoms with Gasteiger partial charge < -0.3 is 19.9 Å². The number of nitrogens with zero attached hydrogens (tertiary/aromatic N) is 3. The molecule has 1 fully saturated rings. The maximum atomic E-state index is 12.6. The Morgan fingerprint density at radius 2 is 1.83 bits per heavy atom. The molecule has 2 amide bonds. The van der Waals surface area contributed by atoms with E-state index in [1.165, 1.54) is 6.92 Å². The number of Topliss-reactive ketones (excluding diaryl/α,β-unsaturated/α-hetero) is 1. The Labute approximate surface area is 169 Å². The van der Waals surface area contributed by atoms with E-state index in [4.69, 9.17) is 4.74 Å². The number of anilines is 2. The summed E-state index contributed by atoms with van der Waals surface area (Å²) in [4.78, 5) is 44.0. The standard InChI is InChI=1S/C21H24N4O4/c1-3-29-21(28)25-11-9-24(10-12-25)19-14-17(7-8-22-19)20(27)23-18-6-4-5-16(13-18)15(2)26/h4-8,13-14H,3,9-12H2,1-2H3,(H,23,27). The lowest BCUT2D eigenvalue weighted by atomic mass is 10.1. The Kier molecular flexibility index (Phi) is 6.43. The first-order valence-electron chi connectivity index (χ1n) is 9.53. The van der Waals surface area contributed by atoms with Crippen molar-refractivity contribution in [3.63, 3.8) is 0 Å². The quantitative estimate of drug-likeness (QED) is 0.782. The molecule has 29 heavy (non-hydrogen) atoms. The van der Waals surface area contributed by atoms with Crippen molar-refractivity contribution in [2.24, 2.45) is 0 Å². The van der Waals surface area contributed by atoms with Crippen molar-refractivity contribution >= 4 is 29.3 Å². The third-order valence-corrected chi connectivity index (χ3v) is 4.66. The van der Waals surface area contributed by atoms with Gasteiger partial charge in [0.25, 0.3) is 5.91 Å². The summed E-state index contributed by atoms with van der Waals surface area (Å²) in [5.74, 6) is 0.340. The van der Waals surface area contributed by atoms with Gasteiger partial charge in [0.2, 0.25) is 0 Å². The Morgan fingerprint density at radius 3 is 2.52 bits per heavy atom. The molecule has 0 spiro atoms. The van der Waals surface area contributed by atoms with Crippen LogP contribution < -0.4 is 10.2 Å². The first-order valence-corrected chi connectivity index (χ1v) is 9.53. The minimum absolute atomic E-state index is 0.0609. The average molecular weight is 396 g/mol. The van der Waals surface area contributed by atoms with Crippen LogP contribution in [-0.2, 0) is 4.74 Å². The highest BCUT2D eigenvalue weighted by atomic mass is 16.6. The second kappa shape index (κ2) is 9.18. The average Bonchev–Trinajstić information content (AvgIpc) is 2.74. The molecule has 152 valence electrons. The van der Waals surface area contributed by atoms with Gasteiger partial charge in [-0.15, -0.1) is 0 Å². The molecule has 1 aromatic carbocycles. The van der Waals surface area contributed by atoms with Crippen molar-refractivity contribution in [2.45, 2.75) is 13.8 Å². The van der Waals surface area contributed by atoms with Crippen LogP contribution in [0.2, 0.25) is 0 Å². The van der Waals surface area contributed by atoms with Gasteiger partial charge in [-0.3, -0.25) is 9.59 Å². The fourth-order valence-corrected chi connectivity index (χ4v) is 3.08. The van der Waals surface area contributed by atoms with E-state index >= 15 is 0 Å². The number of ether oxygens (including phenoxy) is 1. The topological polar surface area (TPSA) is 91.8 Å². The summed E-state index contributed by atoms with van der Waals surface area (Å²) in [6.45, 7) is 5.91. The van der Waals surface area contributed by atoms with Crippen molar-refractivity contribution in [3.05, 3.63) is 53.7 Å². The molecule has 1 aromatic heterocycles. The van der Waals surface area contributed by atoms with Crippen LogP contribution in [0.3, 0.4) is 0 Å². The van der Waals surface area contributed by atoms with Gasteiger partial charge in [-0.05, 0) is 38.1 Å². The minimum Gasteiger partial charge on any atom is -0.450 e. The van der Waals surface area contributed by atoms with E-state index in [-0.39, 0.29) is 17.8 Å². The predicted molar refractivity (Wildman–Crippen MR) is 109 cm³/mol. The number of benzene rings is 1. The molecule has 3 rings (SSSR count). The normalized spacial score (nSPS) is 13.7. The molecule has 0 saturated carbocycles. The zero-order valence-corrected chi connectivity index (χ0v) is 16.6. The van der Waals surface area contributed by atoms with Crippen LogP contribution in [0.4, 0.5) is 16.3 Å². The Bertz CT molecular complexity index is 907. The van der Waals surface area contributed by atoms with Crippen molar-refractivity contribution in [3.8, 4) is 0 Å². The van der Waals surface area contributed by atoms with Gasteiger partial charge >= 0.3 is 6.09 Å². The van der Waals surface area contributed by atoms with Crippen molar-refractivity contribution < 1.29 is 19.1 Å². The van der Waals surface area contributed by atoms with E-state index in [9.17, 15) is 14.4 Å². The van der Waals surface area contributed by atoms with Crippen LogP contribution in [0, 0.1) is 0 Å². The van der Waals surface area contributed by atoms with Gasteiger partial charge in [-0.1, -0.05) is 12.1 Å². The van der Waals surface area contributed by atoms with Crippen LogP contribution >= 0.6 is 0 Å². The van der Waals surface area contributed by atoms with E-state index in [0.29, 0.717) is 55.4 Å². The molecular weight excluding hydrogens is 372 g/mol. The molecule has 0 atom stereocenters. The zero-order valence-electron chi connectivity index (χ0n) is 16.6. The molecule has 0 bridgehead atoms. The molecule has 1 aliphatic heterocycles. The Balaban J connectivity index is 1.65. The second-order valence-corrected chi connectivity index (χ2v) is 6.67. The lowest BCUT2D eigenvalue weighted by Crippen LogP contribution is -2.49. The molecule has 8 nitrogen and oxygen atoms in total. The summed E-state index contributed by atoms with van der Waals surface area (Å²) in [5, 5.41) is 2.81. The molecule has 0 radical (unpaired) electrons. The SMILES string of the molecule is CCOC(=O)N1CCN(c2cc(C(=O)Nc3cccc(C(C)=O)c3)ccn2)CC1. The zero-order chi connectivity index (χ0) is 20.8. The first kappa shape index (κ1) is 20.3. The lowest BCUT2D eigenvalue weighted by molar-refractivity contribution is 0.101. The molecular formula is C21H24N4O4. The van der Waals surface area contributed by atoms with E-state index in [1.807, 2.05) is 4.90 Å². The number of carbonyl (C=O) groups is 3. The number of carbonyl (C=O) groups excluding carboxylic acids is 3. The highest BCUT2D eigenvalue weighted by Crippen LogP contribution is 2.18. The summed E-state index contributed by atoms with van der Waals surface area (Å²) < 4.78 is 5.03. The van der Waals surface area contributed by atoms with Gasteiger partial charge in [0, 0.05) is 49.2 Å². The third-order valence-electron chi connectivity index (χ3n) is 4.66. The number of aromatic nitrogens is 1. The summed E-state index contributed by atoms with van der Waals surface area (Å²) in [7, 11) is 0. The van der Waals surface area contributed by atoms with Crippen molar-refractivity contribution in [2.75, 3.05) is 43.0 Å². The summed E-state index contributed by atoms with van der Waals surface area (Å²) in [6.07, 6.45) is 1.29. The Morgan fingerprint density at radius 1 is 1.07 bits per heavy atom. The van der Waals surface area contributed by atoms with Gasteiger partial charge in [0.05, 0.1) is 6.61 Å². The van der Waals surface area contributed by atoms with E-state index in [1.54, 1.807) is 54.4 Å². The van der Waals surface area contributed by atoms with Crippen LogP contribution in [0.5, 0.6) is 0 Å². The van der Waals surface area contributed by atoms with E-state index in [0.717, 1.165) is 0 Å². The number of rotatable bonds is 5. The molecule has 1 N–H and O–H groups in total. The van der Waals surface area contributed by atoms with Gasteiger partial charge in [-0.2, -0.15) is 0 Å². The number of ketones is 1. The van der Waals surface area contributed by atoms with E-state index < -0.39 is 0 Å². The summed E-state index contributed by atoms with van der Waals surface area (Å²) >= 11 is 0. The van der Waals surface area contributed by atoms with Crippen molar-refractivity contribution in [1.29, 1.82) is 0 Å². The number of amides is 2. The van der Waals surface area contributed by atoms with E-state index in [2.05, 4.69) is 10.3 Å². The fraction of sp³-hybridized carbons (Fsp3) is 0.333. The number of hydrogen-bond acceptors (Lipinski definition) is 6. The molecule has 2 heterocycles. The molecule has 1 aliphatic rings. The van der Waals surface area contributed by atoms with Crippen molar-refractivity contribution in [1.82, 2.24) is 9.88 Å². The Hall–Kier alpha value is -3.42. The monoisotopic (exact) mass is 396 g/mol. The summed E-state index contributed by atoms with van der Waals surface area (Å²) in [6, 6.07) is 10.2. The maximum Gasteiger partial charge on any atom is 0.409 e. The second-order valence-electron chi connectivity index (χ2n) is 6.67. The fourth-order valence-electron chi connectivity index (χ4n) is 3.08.